The van der Waals surface area contributed by atoms with Gasteiger partial charge in [0.25, 0.3) is 5.91 Å². The predicted octanol–water partition coefficient (Wildman–Crippen LogP) is 2.04. The Morgan fingerprint density at radius 1 is 1.32 bits per heavy atom. The third-order valence-corrected chi connectivity index (χ3v) is 2.60. The van der Waals surface area contributed by atoms with Gasteiger partial charge in [0.15, 0.2) is 6.61 Å². The smallest absolute Gasteiger partial charge is 0.323 e. The fourth-order valence-corrected chi connectivity index (χ4v) is 1.62. The average molecular weight is 286 g/mol. The highest BCUT2D eigenvalue weighted by molar-refractivity contribution is 6.30. The number of rotatable bonds is 7. The molecule has 1 aromatic rings. The van der Waals surface area contributed by atoms with E-state index in [1.54, 1.807) is 24.3 Å². The zero-order valence-corrected chi connectivity index (χ0v) is 11.4. The summed E-state index contributed by atoms with van der Waals surface area (Å²) in [5.41, 5.74) is 0. The number of carbonyl (C=O) groups is 2. The molecule has 6 heteroatoms. The van der Waals surface area contributed by atoms with E-state index in [9.17, 15) is 9.59 Å². The maximum Gasteiger partial charge on any atom is 0.323 e. The van der Waals surface area contributed by atoms with Crippen LogP contribution in [-0.2, 0) is 9.59 Å². The molecule has 0 aromatic heterocycles. The van der Waals surface area contributed by atoms with E-state index in [0.29, 0.717) is 23.7 Å². The van der Waals surface area contributed by atoms with Crippen molar-refractivity contribution in [1.82, 2.24) is 4.90 Å². The first-order valence-corrected chi connectivity index (χ1v) is 6.28. The van der Waals surface area contributed by atoms with Crippen LogP contribution in [0.25, 0.3) is 0 Å². The molecule has 0 saturated carbocycles. The Labute approximate surface area is 116 Å². The highest BCUT2D eigenvalue weighted by Crippen LogP contribution is 2.15. The molecule has 1 amide bonds. The molecule has 0 fully saturated rings. The van der Waals surface area contributed by atoms with E-state index in [-0.39, 0.29) is 19.1 Å². The van der Waals surface area contributed by atoms with E-state index < -0.39 is 5.97 Å². The van der Waals surface area contributed by atoms with Crippen molar-refractivity contribution < 1.29 is 19.4 Å². The molecule has 1 aromatic carbocycles. The Morgan fingerprint density at radius 3 is 2.47 bits per heavy atom. The molecule has 0 aliphatic carbocycles. The van der Waals surface area contributed by atoms with Gasteiger partial charge in [-0.1, -0.05) is 18.5 Å². The van der Waals surface area contributed by atoms with E-state index in [0.717, 1.165) is 0 Å². The van der Waals surface area contributed by atoms with Crippen LogP contribution in [0, 0.1) is 0 Å². The monoisotopic (exact) mass is 285 g/mol. The first kappa shape index (κ1) is 15.3. The molecule has 0 atom stereocenters. The van der Waals surface area contributed by atoms with Crippen molar-refractivity contribution in [3.05, 3.63) is 29.3 Å². The lowest BCUT2D eigenvalue weighted by Gasteiger charge is -2.19. The van der Waals surface area contributed by atoms with Crippen molar-refractivity contribution in [3.63, 3.8) is 0 Å². The molecule has 0 aliphatic rings. The third-order valence-electron chi connectivity index (χ3n) is 2.35. The summed E-state index contributed by atoms with van der Waals surface area (Å²) < 4.78 is 5.29. The quantitative estimate of drug-likeness (QED) is 0.832. The van der Waals surface area contributed by atoms with Crippen LogP contribution in [-0.4, -0.2) is 41.6 Å². The number of carboxylic acids is 1. The maximum atomic E-state index is 11.8. The maximum absolute atomic E-state index is 11.8. The molecule has 19 heavy (non-hydrogen) atoms. The van der Waals surface area contributed by atoms with Crippen molar-refractivity contribution in [1.29, 1.82) is 0 Å². The van der Waals surface area contributed by atoms with Crippen LogP contribution in [0.3, 0.4) is 0 Å². The number of nitrogens with zero attached hydrogens (tertiary/aromatic N) is 1. The molecule has 0 radical (unpaired) electrons. The van der Waals surface area contributed by atoms with Gasteiger partial charge in [0.2, 0.25) is 0 Å². The predicted molar refractivity (Wildman–Crippen MR) is 71.5 cm³/mol. The minimum absolute atomic E-state index is 0.186. The first-order valence-electron chi connectivity index (χ1n) is 5.91. The first-order chi connectivity index (χ1) is 9.02. The summed E-state index contributed by atoms with van der Waals surface area (Å²) in [6.45, 7) is 1.78. The molecular weight excluding hydrogens is 270 g/mol. The zero-order chi connectivity index (χ0) is 14.3. The fraction of sp³-hybridized carbons (Fsp3) is 0.385. The number of hydrogen-bond acceptors (Lipinski definition) is 3. The summed E-state index contributed by atoms with van der Waals surface area (Å²) in [5.74, 6) is -0.864. The van der Waals surface area contributed by atoms with Gasteiger partial charge < -0.3 is 14.7 Å². The average Bonchev–Trinajstić information content (AvgIpc) is 2.37. The number of halogens is 1. The second-order valence-electron chi connectivity index (χ2n) is 3.95. The molecule has 0 unspecified atom stereocenters. The van der Waals surface area contributed by atoms with Gasteiger partial charge in [0, 0.05) is 11.6 Å². The van der Waals surface area contributed by atoms with Crippen LogP contribution in [0.15, 0.2) is 24.3 Å². The van der Waals surface area contributed by atoms with Crippen molar-refractivity contribution in [3.8, 4) is 5.75 Å². The number of ether oxygens (including phenoxy) is 1. The lowest BCUT2D eigenvalue weighted by atomic mass is 10.3. The van der Waals surface area contributed by atoms with Crippen LogP contribution in [0.4, 0.5) is 0 Å². The number of hydrogen-bond donors (Lipinski definition) is 1. The molecule has 1 N–H and O–H groups in total. The van der Waals surface area contributed by atoms with E-state index in [2.05, 4.69) is 0 Å². The number of benzene rings is 1. The van der Waals surface area contributed by atoms with Crippen LogP contribution in [0.1, 0.15) is 13.3 Å². The Bertz CT molecular complexity index is 433. The normalized spacial score (nSPS) is 10.0. The van der Waals surface area contributed by atoms with E-state index in [4.69, 9.17) is 21.4 Å². The second kappa shape index (κ2) is 7.63. The fourth-order valence-electron chi connectivity index (χ4n) is 1.49. The second-order valence-corrected chi connectivity index (χ2v) is 4.39. The Balaban J connectivity index is 2.51. The number of aliphatic carboxylic acids is 1. The van der Waals surface area contributed by atoms with Crippen molar-refractivity contribution in [2.75, 3.05) is 19.7 Å². The lowest BCUT2D eigenvalue weighted by molar-refractivity contribution is -0.145. The summed E-state index contributed by atoms with van der Waals surface area (Å²) in [4.78, 5) is 23.7. The molecule has 1 rings (SSSR count). The highest BCUT2D eigenvalue weighted by Gasteiger charge is 2.16. The van der Waals surface area contributed by atoms with Gasteiger partial charge in [0.1, 0.15) is 12.3 Å². The van der Waals surface area contributed by atoms with Crippen LogP contribution in [0.5, 0.6) is 5.75 Å². The van der Waals surface area contributed by atoms with Gasteiger partial charge in [-0.3, -0.25) is 9.59 Å². The molecule has 0 spiro atoms. The summed E-state index contributed by atoms with van der Waals surface area (Å²) in [5, 5.41) is 9.31. The SMILES string of the molecule is CCCN(CC(=O)O)C(=O)COc1ccc(Cl)cc1. The summed E-state index contributed by atoms with van der Waals surface area (Å²) in [6.07, 6.45) is 0.694. The van der Waals surface area contributed by atoms with Gasteiger partial charge in [-0.25, -0.2) is 0 Å². The zero-order valence-electron chi connectivity index (χ0n) is 10.6. The van der Waals surface area contributed by atoms with Gasteiger partial charge in [0.05, 0.1) is 0 Å². The highest BCUT2D eigenvalue weighted by atomic mass is 35.5. The van der Waals surface area contributed by atoms with Gasteiger partial charge >= 0.3 is 5.97 Å². The minimum atomic E-state index is -1.03. The van der Waals surface area contributed by atoms with Gasteiger partial charge in [-0.15, -0.1) is 0 Å². The standard InChI is InChI=1S/C13H16ClNO4/c1-2-7-15(8-13(17)18)12(16)9-19-11-5-3-10(14)4-6-11/h3-6H,2,7-9H2,1H3,(H,17,18). The molecule has 0 saturated heterocycles. The molecule has 0 aliphatic heterocycles. The van der Waals surface area contributed by atoms with Crippen molar-refractivity contribution >= 4 is 23.5 Å². The summed E-state index contributed by atoms with van der Waals surface area (Å²) in [7, 11) is 0. The Kier molecular flexibility index (Phi) is 6.15. The molecular formula is C13H16ClNO4. The van der Waals surface area contributed by atoms with Crippen molar-refractivity contribution in [2.24, 2.45) is 0 Å². The summed E-state index contributed by atoms with van der Waals surface area (Å²) >= 11 is 5.73. The number of carbonyl (C=O) groups excluding carboxylic acids is 1. The Hall–Kier alpha value is -1.75. The summed E-state index contributed by atoms with van der Waals surface area (Å²) in [6, 6.07) is 6.61. The van der Waals surface area contributed by atoms with Crippen LogP contribution in [0.2, 0.25) is 5.02 Å². The molecule has 5 nitrogen and oxygen atoms in total. The van der Waals surface area contributed by atoms with Crippen LogP contribution < -0.4 is 4.74 Å². The lowest BCUT2D eigenvalue weighted by Crippen LogP contribution is -2.39. The van der Waals surface area contributed by atoms with Crippen molar-refractivity contribution in [2.45, 2.75) is 13.3 Å². The Morgan fingerprint density at radius 2 is 1.95 bits per heavy atom. The van der Waals surface area contributed by atoms with Crippen LogP contribution >= 0.6 is 11.6 Å². The molecule has 0 heterocycles. The van der Waals surface area contributed by atoms with Gasteiger partial charge in [-0.05, 0) is 30.7 Å². The number of carboxylic acid groups (broad SMARTS) is 1. The van der Waals surface area contributed by atoms with E-state index in [1.807, 2.05) is 6.92 Å². The topological polar surface area (TPSA) is 66.8 Å². The van der Waals surface area contributed by atoms with Gasteiger partial charge in [-0.2, -0.15) is 0 Å². The number of amides is 1. The largest absolute Gasteiger partial charge is 0.484 e. The molecule has 0 bridgehead atoms. The van der Waals surface area contributed by atoms with E-state index in [1.165, 1.54) is 4.90 Å². The minimum Gasteiger partial charge on any atom is -0.484 e. The third kappa shape index (κ3) is 5.61. The van der Waals surface area contributed by atoms with E-state index >= 15 is 0 Å². The molecule has 104 valence electrons.